The molecule has 0 aliphatic heterocycles. The van der Waals surface area contributed by atoms with E-state index in [0.29, 0.717) is 5.92 Å². The molecule has 0 bridgehead atoms. The maximum atomic E-state index is 4.51. The van der Waals surface area contributed by atoms with Crippen LogP contribution in [-0.2, 0) is 20.1 Å². The van der Waals surface area contributed by atoms with Crippen molar-refractivity contribution in [2.45, 2.75) is 32.9 Å². The van der Waals surface area contributed by atoms with Crippen LogP contribution in [0.4, 0.5) is 0 Å². The first kappa shape index (κ1) is 12.8. The number of nitrogens with zero attached hydrogens (tertiary/aromatic N) is 2. The first-order valence-corrected chi connectivity index (χ1v) is 6.44. The van der Waals surface area contributed by atoms with Gasteiger partial charge in [-0.3, -0.25) is 4.68 Å². The molecule has 3 nitrogen and oxygen atoms in total. The van der Waals surface area contributed by atoms with E-state index in [0.717, 1.165) is 18.8 Å². The van der Waals surface area contributed by atoms with Crippen molar-refractivity contribution in [3.8, 4) is 0 Å². The summed E-state index contributed by atoms with van der Waals surface area (Å²) in [4.78, 5) is 0. The van der Waals surface area contributed by atoms with E-state index in [1.54, 1.807) is 0 Å². The molecular weight excluding hydrogens is 222 g/mol. The van der Waals surface area contributed by atoms with E-state index < -0.39 is 0 Å². The summed E-state index contributed by atoms with van der Waals surface area (Å²) in [6.07, 6.45) is 0. The Kier molecular flexibility index (Phi) is 4.15. The van der Waals surface area contributed by atoms with E-state index in [2.05, 4.69) is 54.6 Å². The van der Waals surface area contributed by atoms with Gasteiger partial charge >= 0.3 is 0 Å². The van der Waals surface area contributed by atoms with Crippen molar-refractivity contribution in [1.82, 2.24) is 15.1 Å². The third-order valence-corrected chi connectivity index (χ3v) is 3.07. The van der Waals surface area contributed by atoms with Crippen LogP contribution in [-0.4, -0.2) is 9.78 Å². The van der Waals surface area contributed by atoms with Crippen molar-refractivity contribution in [2.75, 3.05) is 0 Å². The number of hydrogen-bond acceptors (Lipinski definition) is 2. The summed E-state index contributed by atoms with van der Waals surface area (Å²) in [5.74, 6) is 0.485. The monoisotopic (exact) mass is 243 g/mol. The second-order valence-electron chi connectivity index (χ2n) is 4.93. The number of aryl methyl sites for hydroxylation is 1. The van der Waals surface area contributed by atoms with Gasteiger partial charge in [0.1, 0.15) is 0 Å². The maximum Gasteiger partial charge on any atom is 0.0653 e. The first-order valence-electron chi connectivity index (χ1n) is 6.44. The molecule has 96 valence electrons. The fourth-order valence-electron chi connectivity index (χ4n) is 1.91. The topological polar surface area (TPSA) is 29.9 Å². The minimum Gasteiger partial charge on any atom is -0.307 e. The first-order chi connectivity index (χ1) is 8.66. The molecule has 0 unspecified atom stereocenters. The van der Waals surface area contributed by atoms with Crippen molar-refractivity contribution in [3.05, 3.63) is 53.3 Å². The summed E-state index contributed by atoms with van der Waals surface area (Å²) in [6.45, 7) is 6.08. The number of hydrogen-bond donors (Lipinski definition) is 1. The Morgan fingerprint density at radius 3 is 2.50 bits per heavy atom. The molecular formula is C15H21N3. The van der Waals surface area contributed by atoms with Gasteiger partial charge in [0.15, 0.2) is 0 Å². The van der Waals surface area contributed by atoms with E-state index in [1.165, 1.54) is 11.3 Å². The normalized spacial score (nSPS) is 11.1. The summed E-state index contributed by atoms with van der Waals surface area (Å²) < 4.78 is 1.97. The molecule has 18 heavy (non-hydrogen) atoms. The highest BCUT2D eigenvalue weighted by Gasteiger charge is 2.07. The largest absolute Gasteiger partial charge is 0.307 e. The molecule has 1 aromatic carbocycles. The zero-order chi connectivity index (χ0) is 13.0. The van der Waals surface area contributed by atoms with Crippen LogP contribution in [0.1, 0.15) is 36.7 Å². The van der Waals surface area contributed by atoms with E-state index in [1.807, 2.05) is 17.8 Å². The van der Waals surface area contributed by atoms with Gasteiger partial charge in [0.25, 0.3) is 0 Å². The Balaban J connectivity index is 1.90. The van der Waals surface area contributed by atoms with Gasteiger partial charge < -0.3 is 5.32 Å². The molecule has 0 amide bonds. The predicted molar refractivity (Wildman–Crippen MR) is 74.3 cm³/mol. The Morgan fingerprint density at radius 2 is 1.89 bits per heavy atom. The Bertz CT molecular complexity index is 486. The van der Waals surface area contributed by atoms with Gasteiger partial charge in [0.05, 0.1) is 11.4 Å². The van der Waals surface area contributed by atoms with Crippen LogP contribution in [0.25, 0.3) is 0 Å². The third kappa shape index (κ3) is 3.20. The average Bonchev–Trinajstić information content (AvgIpc) is 2.73. The van der Waals surface area contributed by atoms with Crippen LogP contribution < -0.4 is 5.32 Å². The molecule has 0 aliphatic rings. The second-order valence-corrected chi connectivity index (χ2v) is 4.93. The fraction of sp³-hybridized carbons (Fsp3) is 0.400. The molecule has 3 heteroatoms. The van der Waals surface area contributed by atoms with E-state index >= 15 is 0 Å². The van der Waals surface area contributed by atoms with Crippen molar-refractivity contribution in [2.24, 2.45) is 7.05 Å². The van der Waals surface area contributed by atoms with Gasteiger partial charge in [-0.25, -0.2) is 0 Å². The fourth-order valence-corrected chi connectivity index (χ4v) is 1.91. The SMILES string of the molecule is CC(C)c1cc(CNCc2ccccc2)n(C)n1. The molecule has 0 radical (unpaired) electrons. The van der Waals surface area contributed by atoms with Gasteiger partial charge in [-0.2, -0.15) is 5.10 Å². The van der Waals surface area contributed by atoms with Crippen molar-refractivity contribution in [3.63, 3.8) is 0 Å². The zero-order valence-corrected chi connectivity index (χ0v) is 11.4. The minimum absolute atomic E-state index is 0.485. The van der Waals surface area contributed by atoms with E-state index in [-0.39, 0.29) is 0 Å². The standard InChI is InChI=1S/C15H21N3/c1-12(2)15-9-14(18(3)17-15)11-16-10-13-7-5-4-6-8-13/h4-9,12,16H,10-11H2,1-3H3. The summed E-state index contributed by atoms with van der Waals surface area (Å²) in [5.41, 5.74) is 3.70. The molecule has 1 N–H and O–H groups in total. The molecule has 0 aliphatic carbocycles. The molecule has 2 aromatic rings. The van der Waals surface area contributed by atoms with Crippen molar-refractivity contribution >= 4 is 0 Å². The Hall–Kier alpha value is -1.61. The number of rotatable bonds is 5. The minimum atomic E-state index is 0.485. The highest BCUT2D eigenvalue weighted by Crippen LogP contribution is 2.13. The molecule has 0 fully saturated rings. The lowest BCUT2D eigenvalue weighted by atomic mass is 10.1. The lowest BCUT2D eigenvalue weighted by Crippen LogP contribution is -2.15. The summed E-state index contributed by atoms with van der Waals surface area (Å²) in [7, 11) is 2.01. The van der Waals surface area contributed by atoms with Crippen LogP contribution in [0.15, 0.2) is 36.4 Å². The number of aromatic nitrogens is 2. The molecule has 2 rings (SSSR count). The number of benzene rings is 1. The van der Waals surface area contributed by atoms with Crippen LogP contribution in [0.2, 0.25) is 0 Å². The predicted octanol–water partition coefficient (Wildman–Crippen LogP) is 2.83. The highest BCUT2D eigenvalue weighted by molar-refractivity contribution is 5.15. The summed E-state index contributed by atoms with van der Waals surface area (Å²) in [6, 6.07) is 12.6. The van der Waals surface area contributed by atoms with Gasteiger partial charge in [0, 0.05) is 20.1 Å². The van der Waals surface area contributed by atoms with Crippen LogP contribution >= 0.6 is 0 Å². The van der Waals surface area contributed by atoms with E-state index in [4.69, 9.17) is 0 Å². The summed E-state index contributed by atoms with van der Waals surface area (Å²) >= 11 is 0. The van der Waals surface area contributed by atoms with Gasteiger partial charge in [-0.05, 0) is 17.5 Å². The Labute approximate surface area is 109 Å². The quantitative estimate of drug-likeness (QED) is 0.875. The highest BCUT2D eigenvalue weighted by atomic mass is 15.3. The van der Waals surface area contributed by atoms with Crippen LogP contribution in [0.5, 0.6) is 0 Å². The van der Waals surface area contributed by atoms with Crippen LogP contribution in [0, 0.1) is 0 Å². The molecule has 0 saturated carbocycles. The van der Waals surface area contributed by atoms with Gasteiger partial charge in [-0.1, -0.05) is 44.2 Å². The summed E-state index contributed by atoms with van der Waals surface area (Å²) in [5, 5.41) is 7.96. The smallest absolute Gasteiger partial charge is 0.0653 e. The maximum absolute atomic E-state index is 4.51. The van der Waals surface area contributed by atoms with Gasteiger partial charge in [-0.15, -0.1) is 0 Å². The lowest BCUT2D eigenvalue weighted by molar-refractivity contribution is 0.620. The lowest BCUT2D eigenvalue weighted by Gasteiger charge is -2.04. The molecule has 1 aromatic heterocycles. The Morgan fingerprint density at radius 1 is 1.17 bits per heavy atom. The van der Waals surface area contributed by atoms with Crippen molar-refractivity contribution in [1.29, 1.82) is 0 Å². The van der Waals surface area contributed by atoms with Crippen LogP contribution in [0.3, 0.4) is 0 Å². The average molecular weight is 243 g/mol. The number of nitrogens with one attached hydrogen (secondary N) is 1. The zero-order valence-electron chi connectivity index (χ0n) is 11.4. The molecule has 0 atom stereocenters. The van der Waals surface area contributed by atoms with Gasteiger partial charge in [0.2, 0.25) is 0 Å². The molecule has 0 saturated heterocycles. The second kappa shape index (κ2) is 5.83. The molecule has 0 spiro atoms. The van der Waals surface area contributed by atoms with E-state index in [9.17, 15) is 0 Å². The molecule has 1 heterocycles. The third-order valence-electron chi connectivity index (χ3n) is 3.07. The van der Waals surface area contributed by atoms with Crippen molar-refractivity contribution < 1.29 is 0 Å².